The Morgan fingerprint density at radius 1 is 1.10 bits per heavy atom. The van der Waals surface area contributed by atoms with Crippen LogP contribution in [0.5, 0.6) is 0 Å². The number of carbonyl (C=O) groups excluding carboxylic acids is 2. The van der Waals surface area contributed by atoms with Crippen LogP contribution in [0, 0.1) is 11.6 Å². The van der Waals surface area contributed by atoms with Crippen LogP contribution in [0.3, 0.4) is 0 Å². The summed E-state index contributed by atoms with van der Waals surface area (Å²) in [6, 6.07) is 3.18. The van der Waals surface area contributed by atoms with E-state index < -0.39 is 11.6 Å². The lowest BCUT2D eigenvalue weighted by atomic mass is 10.1. The number of halogens is 2. The molecule has 0 radical (unpaired) electrons. The molecule has 1 saturated heterocycles. The van der Waals surface area contributed by atoms with Gasteiger partial charge < -0.3 is 4.90 Å². The molecule has 0 spiro atoms. The van der Waals surface area contributed by atoms with E-state index in [9.17, 15) is 18.4 Å². The van der Waals surface area contributed by atoms with Gasteiger partial charge in [-0.25, -0.2) is 8.78 Å². The molecule has 1 amide bonds. The Hall–Kier alpha value is -1.82. The molecular weight excluding hydrogens is 278 g/mol. The van der Waals surface area contributed by atoms with Gasteiger partial charge in [-0.15, -0.1) is 0 Å². The minimum atomic E-state index is -1.01. The Morgan fingerprint density at radius 3 is 2.52 bits per heavy atom. The lowest BCUT2D eigenvalue weighted by Gasteiger charge is -2.20. The summed E-state index contributed by atoms with van der Waals surface area (Å²) in [6.45, 7) is 4.26. The van der Waals surface area contributed by atoms with Crippen molar-refractivity contribution in [3.8, 4) is 0 Å². The van der Waals surface area contributed by atoms with Crippen molar-refractivity contribution in [2.45, 2.75) is 13.3 Å². The molecule has 1 aliphatic heterocycles. The van der Waals surface area contributed by atoms with Crippen molar-refractivity contribution >= 4 is 11.7 Å². The largest absolute Gasteiger partial charge is 0.342 e. The molecule has 0 bridgehead atoms. The molecule has 0 unspecified atom stereocenters. The van der Waals surface area contributed by atoms with E-state index in [0.29, 0.717) is 26.2 Å². The lowest BCUT2D eigenvalue weighted by Crippen LogP contribution is -2.35. The normalized spacial score (nSPS) is 16.6. The van der Waals surface area contributed by atoms with Gasteiger partial charge in [0.1, 0.15) is 0 Å². The number of rotatable bonds is 3. The van der Waals surface area contributed by atoms with E-state index in [-0.39, 0.29) is 23.8 Å². The third-order valence-electron chi connectivity index (χ3n) is 3.64. The van der Waals surface area contributed by atoms with E-state index in [1.165, 1.54) is 13.0 Å². The second-order valence-electron chi connectivity index (χ2n) is 5.19. The smallest absolute Gasteiger partial charge is 0.219 e. The summed E-state index contributed by atoms with van der Waals surface area (Å²) in [6.07, 6.45) is 0.796. The van der Waals surface area contributed by atoms with Crippen molar-refractivity contribution in [1.82, 2.24) is 9.80 Å². The monoisotopic (exact) mass is 296 g/mol. The highest BCUT2D eigenvalue weighted by atomic mass is 19.2. The summed E-state index contributed by atoms with van der Waals surface area (Å²) in [5.74, 6) is -2.19. The molecular formula is C15H18F2N2O2. The van der Waals surface area contributed by atoms with Crippen LogP contribution in [0.1, 0.15) is 23.7 Å². The second kappa shape index (κ2) is 6.76. The Bertz CT molecular complexity index is 548. The van der Waals surface area contributed by atoms with Crippen molar-refractivity contribution in [3.63, 3.8) is 0 Å². The fraction of sp³-hybridized carbons (Fsp3) is 0.467. The van der Waals surface area contributed by atoms with Crippen molar-refractivity contribution in [3.05, 3.63) is 35.4 Å². The molecule has 2 rings (SSSR count). The molecule has 0 N–H and O–H groups in total. The molecule has 1 aromatic carbocycles. The topological polar surface area (TPSA) is 40.6 Å². The first-order chi connectivity index (χ1) is 9.97. The molecule has 21 heavy (non-hydrogen) atoms. The highest BCUT2D eigenvalue weighted by molar-refractivity contribution is 5.97. The molecule has 0 saturated carbocycles. The molecule has 114 valence electrons. The van der Waals surface area contributed by atoms with Gasteiger partial charge in [0, 0.05) is 38.7 Å². The maximum Gasteiger partial charge on any atom is 0.219 e. The van der Waals surface area contributed by atoms with Crippen molar-refractivity contribution in [1.29, 1.82) is 0 Å². The fourth-order valence-corrected chi connectivity index (χ4v) is 2.41. The maximum atomic E-state index is 13.1. The summed E-state index contributed by atoms with van der Waals surface area (Å²) in [5.41, 5.74) is 0.168. The quantitative estimate of drug-likeness (QED) is 0.797. The van der Waals surface area contributed by atoms with Crippen LogP contribution >= 0.6 is 0 Å². The number of ketones is 1. The summed E-state index contributed by atoms with van der Waals surface area (Å²) in [4.78, 5) is 27.1. The lowest BCUT2D eigenvalue weighted by molar-refractivity contribution is -0.128. The molecule has 0 aromatic heterocycles. The van der Waals surface area contributed by atoms with Gasteiger partial charge in [0.05, 0.1) is 6.54 Å². The molecule has 4 nitrogen and oxygen atoms in total. The zero-order valence-corrected chi connectivity index (χ0v) is 11.9. The summed E-state index contributed by atoms with van der Waals surface area (Å²) < 4.78 is 26.0. The van der Waals surface area contributed by atoms with Crippen molar-refractivity contribution < 1.29 is 18.4 Å². The number of hydrogen-bond acceptors (Lipinski definition) is 3. The third kappa shape index (κ3) is 4.07. The van der Waals surface area contributed by atoms with Crippen LogP contribution in [0.15, 0.2) is 18.2 Å². The van der Waals surface area contributed by atoms with Gasteiger partial charge in [0.25, 0.3) is 0 Å². The van der Waals surface area contributed by atoms with Crippen molar-refractivity contribution in [2.24, 2.45) is 0 Å². The van der Waals surface area contributed by atoms with Gasteiger partial charge in [0.2, 0.25) is 5.91 Å². The van der Waals surface area contributed by atoms with E-state index in [0.717, 1.165) is 18.6 Å². The minimum Gasteiger partial charge on any atom is -0.342 e. The van der Waals surface area contributed by atoms with Crippen LogP contribution < -0.4 is 0 Å². The number of benzene rings is 1. The summed E-state index contributed by atoms with van der Waals surface area (Å²) in [5, 5.41) is 0. The van der Waals surface area contributed by atoms with Gasteiger partial charge in [-0.05, 0) is 24.6 Å². The average Bonchev–Trinajstić information content (AvgIpc) is 2.67. The van der Waals surface area contributed by atoms with E-state index >= 15 is 0 Å². The molecule has 6 heteroatoms. The minimum absolute atomic E-state index is 0.0313. The number of hydrogen-bond donors (Lipinski definition) is 0. The number of carbonyl (C=O) groups is 2. The zero-order chi connectivity index (χ0) is 15.4. The Balaban J connectivity index is 1.96. The molecule has 1 aromatic rings. The number of nitrogens with zero attached hydrogens (tertiary/aromatic N) is 2. The Labute approximate surface area is 122 Å². The highest BCUT2D eigenvalue weighted by Gasteiger charge is 2.19. The van der Waals surface area contributed by atoms with E-state index in [4.69, 9.17) is 0 Å². The Morgan fingerprint density at radius 2 is 1.86 bits per heavy atom. The predicted molar refractivity (Wildman–Crippen MR) is 74.0 cm³/mol. The first-order valence-corrected chi connectivity index (χ1v) is 6.93. The zero-order valence-electron chi connectivity index (χ0n) is 11.9. The van der Waals surface area contributed by atoms with Crippen LogP contribution in [-0.2, 0) is 4.79 Å². The van der Waals surface area contributed by atoms with E-state index in [1.54, 1.807) is 4.90 Å². The summed E-state index contributed by atoms with van der Waals surface area (Å²) in [7, 11) is 0. The standard InChI is InChI=1S/C15H18F2N2O2/c1-11(20)19-6-2-5-18(7-8-19)10-15(21)12-3-4-13(16)14(17)9-12/h3-4,9H,2,5-8,10H2,1H3. The highest BCUT2D eigenvalue weighted by Crippen LogP contribution is 2.11. The molecule has 1 fully saturated rings. The molecule has 0 aliphatic carbocycles. The molecule has 0 atom stereocenters. The first kappa shape index (κ1) is 15.6. The predicted octanol–water partition coefficient (Wildman–Crippen LogP) is 1.70. The van der Waals surface area contributed by atoms with Crippen LogP contribution in [-0.4, -0.2) is 54.2 Å². The SMILES string of the molecule is CC(=O)N1CCCN(CC(=O)c2ccc(F)c(F)c2)CC1. The van der Waals surface area contributed by atoms with Crippen LogP contribution in [0.2, 0.25) is 0 Å². The Kier molecular flexibility index (Phi) is 5.01. The van der Waals surface area contributed by atoms with E-state index in [2.05, 4.69) is 0 Å². The van der Waals surface area contributed by atoms with Crippen molar-refractivity contribution in [2.75, 3.05) is 32.7 Å². The van der Waals surface area contributed by atoms with Crippen LogP contribution in [0.4, 0.5) is 8.78 Å². The fourth-order valence-electron chi connectivity index (χ4n) is 2.41. The van der Waals surface area contributed by atoms with Gasteiger partial charge >= 0.3 is 0 Å². The van der Waals surface area contributed by atoms with Gasteiger partial charge in [-0.3, -0.25) is 14.5 Å². The number of amides is 1. The van der Waals surface area contributed by atoms with Gasteiger partial charge in [-0.1, -0.05) is 0 Å². The summed E-state index contributed by atoms with van der Waals surface area (Å²) >= 11 is 0. The molecule has 1 aliphatic rings. The first-order valence-electron chi connectivity index (χ1n) is 6.93. The second-order valence-corrected chi connectivity index (χ2v) is 5.19. The van der Waals surface area contributed by atoms with Gasteiger partial charge in [0.15, 0.2) is 17.4 Å². The third-order valence-corrected chi connectivity index (χ3v) is 3.64. The molecule has 1 heterocycles. The average molecular weight is 296 g/mol. The van der Waals surface area contributed by atoms with E-state index in [1.807, 2.05) is 4.90 Å². The maximum absolute atomic E-state index is 13.1. The van der Waals surface area contributed by atoms with Gasteiger partial charge in [-0.2, -0.15) is 0 Å². The number of Topliss-reactive ketones (excluding diaryl/α,β-unsaturated/α-hetero) is 1. The van der Waals surface area contributed by atoms with Crippen LogP contribution in [0.25, 0.3) is 0 Å².